The van der Waals surface area contributed by atoms with Crippen LogP contribution < -0.4 is 5.32 Å². The molecule has 1 aromatic heterocycles. The third-order valence-corrected chi connectivity index (χ3v) is 2.29. The van der Waals surface area contributed by atoms with Gasteiger partial charge in [0, 0.05) is 17.9 Å². The van der Waals surface area contributed by atoms with Crippen molar-refractivity contribution in [3.63, 3.8) is 0 Å². The number of aryl methyl sites for hydroxylation is 1. The van der Waals surface area contributed by atoms with Crippen molar-refractivity contribution in [3.8, 4) is 5.69 Å². The summed E-state index contributed by atoms with van der Waals surface area (Å²) < 4.78 is 1.89. The maximum atomic E-state index is 4.39. The van der Waals surface area contributed by atoms with Crippen molar-refractivity contribution < 1.29 is 0 Å². The zero-order chi connectivity index (χ0) is 11.5. The molecule has 84 valence electrons. The standard InChI is InChI=1S/C13H17N3/c1-10(2)14-12-5-4-6-13(9-12)16-8-7-11(3)15-16/h4-10,14H,1-3H3. The highest BCUT2D eigenvalue weighted by Gasteiger charge is 2.00. The highest BCUT2D eigenvalue weighted by atomic mass is 15.3. The lowest BCUT2D eigenvalue weighted by Gasteiger charge is -2.11. The first kappa shape index (κ1) is 10.7. The molecule has 0 aliphatic rings. The quantitative estimate of drug-likeness (QED) is 0.853. The van der Waals surface area contributed by atoms with Gasteiger partial charge in [0.05, 0.1) is 11.4 Å². The van der Waals surface area contributed by atoms with Crippen LogP contribution in [0.1, 0.15) is 19.5 Å². The molecule has 3 heteroatoms. The Balaban J connectivity index is 2.28. The third kappa shape index (κ3) is 2.42. The van der Waals surface area contributed by atoms with Crippen LogP contribution in [0.3, 0.4) is 0 Å². The van der Waals surface area contributed by atoms with E-state index in [1.165, 1.54) is 0 Å². The van der Waals surface area contributed by atoms with E-state index < -0.39 is 0 Å². The minimum Gasteiger partial charge on any atom is -0.383 e. The summed E-state index contributed by atoms with van der Waals surface area (Å²) >= 11 is 0. The van der Waals surface area contributed by atoms with E-state index in [4.69, 9.17) is 0 Å². The summed E-state index contributed by atoms with van der Waals surface area (Å²) in [4.78, 5) is 0. The molecule has 0 fully saturated rings. The first-order chi connectivity index (χ1) is 7.65. The number of nitrogens with zero attached hydrogens (tertiary/aromatic N) is 2. The molecule has 0 unspecified atom stereocenters. The van der Waals surface area contributed by atoms with Gasteiger partial charge in [-0.05, 0) is 45.0 Å². The van der Waals surface area contributed by atoms with Crippen molar-refractivity contribution in [3.05, 3.63) is 42.2 Å². The van der Waals surface area contributed by atoms with E-state index >= 15 is 0 Å². The number of anilines is 1. The lowest BCUT2D eigenvalue weighted by Crippen LogP contribution is -2.09. The number of benzene rings is 1. The van der Waals surface area contributed by atoms with Crippen molar-refractivity contribution in [2.75, 3.05) is 5.32 Å². The van der Waals surface area contributed by atoms with E-state index in [1.807, 2.05) is 29.9 Å². The van der Waals surface area contributed by atoms with Gasteiger partial charge in [-0.1, -0.05) is 6.07 Å². The fourth-order valence-electron chi connectivity index (χ4n) is 1.63. The van der Waals surface area contributed by atoms with Gasteiger partial charge in [-0.2, -0.15) is 5.10 Å². The summed E-state index contributed by atoms with van der Waals surface area (Å²) in [5.41, 5.74) is 3.24. The summed E-state index contributed by atoms with van der Waals surface area (Å²) in [6.45, 7) is 6.25. The van der Waals surface area contributed by atoms with Crippen LogP contribution in [0.5, 0.6) is 0 Å². The predicted octanol–water partition coefficient (Wildman–Crippen LogP) is 3.00. The average molecular weight is 215 g/mol. The van der Waals surface area contributed by atoms with Gasteiger partial charge in [-0.15, -0.1) is 0 Å². The molecule has 0 saturated carbocycles. The van der Waals surface area contributed by atoms with Gasteiger partial charge in [0.1, 0.15) is 0 Å². The number of aromatic nitrogens is 2. The van der Waals surface area contributed by atoms with E-state index in [0.29, 0.717) is 6.04 Å². The maximum Gasteiger partial charge on any atom is 0.0666 e. The van der Waals surface area contributed by atoms with Gasteiger partial charge < -0.3 is 5.32 Å². The Bertz CT molecular complexity index is 472. The minimum atomic E-state index is 0.439. The second-order valence-corrected chi connectivity index (χ2v) is 4.25. The summed E-state index contributed by atoms with van der Waals surface area (Å²) in [5.74, 6) is 0. The normalized spacial score (nSPS) is 10.8. The molecule has 1 N–H and O–H groups in total. The smallest absolute Gasteiger partial charge is 0.0666 e. The van der Waals surface area contributed by atoms with Crippen LogP contribution in [0.4, 0.5) is 5.69 Å². The molecule has 2 rings (SSSR count). The van der Waals surface area contributed by atoms with Gasteiger partial charge >= 0.3 is 0 Å². The molecule has 0 aliphatic carbocycles. The Morgan fingerprint density at radius 1 is 1.25 bits per heavy atom. The molecule has 1 aromatic carbocycles. The molecule has 1 heterocycles. The molecule has 0 spiro atoms. The second kappa shape index (κ2) is 4.39. The van der Waals surface area contributed by atoms with Gasteiger partial charge in [-0.25, -0.2) is 4.68 Å². The Labute approximate surface area is 96.1 Å². The Kier molecular flexibility index (Phi) is 2.95. The number of rotatable bonds is 3. The van der Waals surface area contributed by atoms with Crippen LogP contribution in [0.15, 0.2) is 36.5 Å². The fourth-order valence-corrected chi connectivity index (χ4v) is 1.63. The Morgan fingerprint density at radius 2 is 2.06 bits per heavy atom. The first-order valence-corrected chi connectivity index (χ1v) is 5.54. The van der Waals surface area contributed by atoms with Gasteiger partial charge in [0.2, 0.25) is 0 Å². The summed E-state index contributed by atoms with van der Waals surface area (Å²) in [5, 5.41) is 7.77. The van der Waals surface area contributed by atoms with Crippen LogP contribution in [0, 0.1) is 6.92 Å². The SMILES string of the molecule is Cc1ccn(-c2cccc(NC(C)C)c2)n1. The number of hydrogen-bond acceptors (Lipinski definition) is 2. The molecule has 0 bridgehead atoms. The molecule has 0 atom stereocenters. The third-order valence-electron chi connectivity index (χ3n) is 2.29. The highest BCUT2D eigenvalue weighted by Crippen LogP contribution is 2.15. The number of hydrogen-bond donors (Lipinski definition) is 1. The van der Waals surface area contributed by atoms with Gasteiger partial charge in [0.15, 0.2) is 0 Å². The Hall–Kier alpha value is -1.77. The fraction of sp³-hybridized carbons (Fsp3) is 0.308. The molecule has 2 aromatic rings. The molecule has 0 amide bonds. The largest absolute Gasteiger partial charge is 0.383 e. The van der Waals surface area contributed by atoms with Crippen molar-refractivity contribution in [1.29, 1.82) is 0 Å². The predicted molar refractivity (Wildman–Crippen MR) is 67.1 cm³/mol. The van der Waals surface area contributed by atoms with E-state index in [0.717, 1.165) is 17.1 Å². The minimum absolute atomic E-state index is 0.439. The van der Waals surface area contributed by atoms with Crippen LogP contribution in [-0.4, -0.2) is 15.8 Å². The zero-order valence-electron chi connectivity index (χ0n) is 9.94. The summed E-state index contributed by atoms with van der Waals surface area (Å²) in [6.07, 6.45) is 1.98. The van der Waals surface area contributed by atoms with E-state index in [1.54, 1.807) is 0 Å². The van der Waals surface area contributed by atoms with Crippen molar-refractivity contribution in [1.82, 2.24) is 9.78 Å². The first-order valence-electron chi connectivity index (χ1n) is 5.54. The average Bonchev–Trinajstić information content (AvgIpc) is 2.64. The molecule has 0 saturated heterocycles. The molecular formula is C13H17N3. The highest BCUT2D eigenvalue weighted by molar-refractivity contribution is 5.51. The lowest BCUT2D eigenvalue weighted by atomic mass is 10.2. The van der Waals surface area contributed by atoms with E-state index in [2.05, 4.69) is 42.5 Å². The van der Waals surface area contributed by atoms with Gasteiger partial charge in [0.25, 0.3) is 0 Å². The van der Waals surface area contributed by atoms with Crippen LogP contribution in [0.2, 0.25) is 0 Å². The molecule has 0 aliphatic heterocycles. The van der Waals surface area contributed by atoms with Crippen LogP contribution >= 0.6 is 0 Å². The second-order valence-electron chi connectivity index (χ2n) is 4.25. The van der Waals surface area contributed by atoms with Gasteiger partial charge in [-0.3, -0.25) is 0 Å². The molecular weight excluding hydrogens is 198 g/mol. The van der Waals surface area contributed by atoms with E-state index in [9.17, 15) is 0 Å². The summed E-state index contributed by atoms with van der Waals surface area (Å²) in [7, 11) is 0. The topological polar surface area (TPSA) is 29.9 Å². The lowest BCUT2D eigenvalue weighted by molar-refractivity contribution is 0.859. The van der Waals surface area contributed by atoms with Crippen molar-refractivity contribution >= 4 is 5.69 Å². The van der Waals surface area contributed by atoms with Crippen molar-refractivity contribution in [2.24, 2.45) is 0 Å². The van der Waals surface area contributed by atoms with E-state index in [-0.39, 0.29) is 0 Å². The van der Waals surface area contributed by atoms with Crippen LogP contribution in [-0.2, 0) is 0 Å². The molecule has 3 nitrogen and oxygen atoms in total. The zero-order valence-corrected chi connectivity index (χ0v) is 9.94. The van der Waals surface area contributed by atoms with Crippen LogP contribution in [0.25, 0.3) is 5.69 Å². The maximum absolute atomic E-state index is 4.39. The van der Waals surface area contributed by atoms with Crippen molar-refractivity contribution in [2.45, 2.75) is 26.8 Å². The molecule has 16 heavy (non-hydrogen) atoms. The summed E-state index contributed by atoms with van der Waals surface area (Å²) in [6, 6.07) is 10.7. The molecule has 0 radical (unpaired) electrons. The monoisotopic (exact) mass is 215 g/mol. The Morgan fingerprint density at radius 3 is 2.69 bits per heavy atom. The number of nitrogens with one attached hydrogen (secondary N) is 1.